The Morgan fingerprint density at radius 3 is 2.38 bits per heavy atom. The molecule has 164 valence electrons. The molecule has 3 aromatic rings. The summed E-state index contributed by atoms with van der Waals surface area (Å²) in [6.45, 7) is 1.83. The van der Waals surface area contributed by atoms with Crippen molar-refractivity contribution in [3.05, 3.63) is 76.2 Å². The SMILES string of the molecule is Cc1c(N=C2SCC(=O)N2/N=C/c2ccc(N(C)C)cc2)c(=O)n(-c2ccccc2)n1C. The van der Waals surface area contributed by atoms with Gasteiger partial charge in [-0.25, -0.2) is 9.67 Å². The Bertz CT molecular complexity index is 1260. The first-order chi connectivity index (χ1) is 15.4. The fraction of sp³-hybridized carbons (Fsp3) is 0.217. The predicted molar refractivity (Wildman–Crippen MR) is 131 cm³/mol. The predicted octanol–water partition coefficient (Wildman–Crippen LogP) is 3.15. The zero-order chi connectivity index (χ0) is 22.8. The maximum Gasteiger partial charge on any atom is 0.297 e. The van der Waals surface area contributed by atoms with Crippen molar-refractivity contribution in [2.75, 3.05) is 24.7 Å². The number of carbonyl (C=O) groups is 1. The van der Waals surface area contributed by atoms with Crippen molar-refractivity contribution in [1.29, 1.82) is 0 Å². The summed E-state index contributed by atoms with van der Waals surface area (Å²) in [6, 6.07) is 17.2. The Kier molecular flexibility index (Phi) is 6.00. The van der Waals surface area contributed by atoms with Gasteiger partial charge >= 0.3 is 0 Å². The number of amidine groups is 1. The van der Waals surface area contributed by atoms with Gasteiger partial charge < -0.3 is 4.90 Å². The van der Waals surface area contributed by atoms with E-state index in [0.29, 0.717) is 16.5 Å². The minimum Gasteiger partial charge on any atom is -0.378 e. The molecule has 32 heavy (non-hydrogen) atoms. The monoisotopic (exact) mass is 448 g/mol. The lowest BCUT2D eigenvalue weighted by atomic mass is 10.2. The van der Waals surface area contributed by atoms with Crippen LogP contribution >= 0.6 is 11.8 Å². The van der Waals surface area contributed by atoms with Gasteiger partial charge in [0.05, 0.1) is 23.3 Å². The zero-order valence-electron chi connectivity index (χ0n) is 18.4. The molecule has 0 N–H and O–H groups in total. The van der Waals surface area contributed by atoms with Crippen molar-refractivity contribution < 1.29 is 4.79 Å². The van der Waals surface area contributed by atoms with Crippen LogP contribution in [0.1, 0.15) is 11.3 Å². The third kappa shape index (κ3) is 4.11. The van der Waals surface area contributed by atoms with Gasteiger partial charge in [0.15, 0.2) is 10.9 Å². The van der Waals surface area contributed by atoms with Gasteiger partial charge in [0.2, 0.25) is 0 Å². The third-order valence-corrected chi connectivity index (χ3v) is 6.12. The van der Waals surface area contributed by atoms with E-state index in [1.807, 2.05) is 87.6 Å². The van der Waals surface area contributed by atoms with Crippen LogP contribution in [0.4, 0.5) is 11.4 Å². The Balaban J connectivity index is 1.66. The molecule has 1 amide bonds. The van der Waals surface area contributed by atoms with E-state index in [9.17, 15) is 9.59 Å². The second-order valence-electron chi connectivity index (χ2n) is 7.53. The molecule has 1 aliphatic heterocycles. The molecule has 0 saturated carbocycles. The normalized spacial score (nSPS) is 15.3. The Labute approximate surface area is 190 Å². The zero-order valence-corrected chi connectivity index (χ0v) is 19.2. The lowest BCUT2D eigenvalue weighted by Gasteiger charge is -2.12. The number of thioether (sulfide) groups is 1. The van der Waals surface area contributed by atoms with Gasteiger partial charge in [0.1, 0.15) is 0 Å². The van der Waals surface area contributed by atoms with E-state index in [2.05, 4.69) is 10.1 Å². The highest BCUT2D eigenvalue weighted by Crippen LogP contribution is 2.25. The van der Waals surface area contributed by atoms with Crippen LogP contribution in [0.15, 0.2) is 69.5 Å². The van der Waals surface area contributed by atoms with Gasteiger partial charge in [-0.3, -0.25) is 14.3 Å². The second kappa shape index (κ2) is 8.88. The summed E-state index contributed by atoms with van der Waals surface area (Å²) in [5.41, 5.74) is 3.44. The fourth-order valence-corrected chi connectivity index (χ4v) is 4.11. The van der Waals surface area contributed by atoms with Crippen molar-refractivity contribution >= 4 is 40.4 Å². The van der Waals surface area contributed by atoms with Crippen LogP contribution in [0, 0.1) is 6.92 Å². The van der Waals surface area contributed by atoms with Crippen molar-refractivity contribution in [1.82, 2.24) is 14.4 Å². The maximum absolute atomic E-state index is 13.1. The largest absolute Gasteiger partial charge is 0.378 e. The van der Waals surface area contributed by atoms with Gasteiger partial charge in [0.25, 0.3) is 11.5 Å². The molecule has 0 aliphatic carbocycles. The van der Waals surface area contributed by atoms with Crippen LogP contribution in [0.25, 0.3) is 5.69 Å². The van der Waals surface area contributed by atoms with E-state index in [-0.39, 0.29) is 17.2 Å². The smallest absolute Gasteiger partial charge is 0.297 e. The number of nitrogens with zero attached hydrogens (tertiary/aromatic N) is 6. The number of benzene rings is 2. The quantitative estimate of drug-likeness (QED) is 0.562. The van der Waals surface area contributed by atoms with Crippen molar-refractivity contribution in [2.45, 2.75) is 6.92 Å². The Morgan fingerprint density at radius 1 is 1.03 bits per heavy atom. The third-order valence-electron chi connectivity index (χ3n) is 5.21. The highest BCUT2D eigenvalue weighted by Gasteiger charge is 2.29. The second-order valence-corrected chi connectivity index (χ2v) is 8.47. The van der Waals surface area contributed by atoms with Crippen LogP contribution in [-0.2, 0) is 11.8 Å². The molecule has 0 radical (unpaired) electrons. The van der Waals surface area contributed by atoms with E-state index in [0.717, 1.165) is 16.9 Å². The van der Waals surface area contributed by atoms with E-state index in [4.69, 9.17) is 0 Å². The summed E-state index contributed by atoms with van der Waals surface area (Å²) in [7, 11) is 5.76. The van der Waals surface area contributed by atoms with Crippen molar-refractivity contribution in [2.24, 2.45) is 17.1 Å². The van der Waals surface area contributed by atoms with E-state index < -0.39 is 0 Å². The molecule has 1 aliphatic rings. The van der Waals surface area contributed by atoms with Crippen LogP contribution < -0.4 is 10.5 Å². The summed E-state index contributed by atoms with van der Waals surface area (Å²) < 4.78 is 3.33. The molecule has 8 nitrogen and oxygen atoms in total. The van der Waals surface area contributed by atoms with Crippen LogP contribution in [-0.4, -0.2) is 51.5 Å². The lowest BCUT2D eigenvalue weighted by molar-refractivity contribution is -0.124. The van der Waals surface area contributed by atoms with E-state index >= 15 is 0 Å². The minimum absolute atomic E-state index is 0.174. The summed E-state index contributed by atoms with van der Waals surface area (Å²) in [5.74, 6) is 0.0565. The topological polar surface area (TPSA) is 75.2 Å². The number of amides is 1. The highest BCUT2D eigenvalue weighted by atomic mass is 32.2. The molecule has 2 heterocycles. The average molecular weight is 449 g/mol. The minimum atomic E-state index is -0.244. The van der Waals surface area contributed by atoms with E-state index in [1.54, 1.807) is 15.6 Å². The van der Waals surface area contributed by atoms with Crippen molar-refractivity contribution in [3.63, 3.8) is 0 Å². The molecule has 2 aromatic carbocycles. The number of aliphatic imine (C=N–C) groups is 1. The number of para-hydroxylation sites is 1. The molecule has 0 spiro atoms. The summed E-state index contributed by atoms with van der Waals surface area (Å²) in [5, 5.41) is 6.01. The van der Waals surface area contributed by atoms with E-state index in [1.165, 1.54) is 16.8 Å². The Hall–Kier alpha value is -3.59. The summed E-state index contributed by atoms with van der Waals surface area (Å²) in [4.78, 5) is 32.1. The number of carbonyl (C=O) groups excluding carboxylic acids is 1. The molecule has 0 unspecified atom stereocenters. The number of rotatable bonds is 5. The summed E-state index contributed by atoms with van der Waals surface area (Å²) in [6.07, 6.45) is 1.62. The lowest BCUT2D eigenvalue weighted by Crippen LogP contribution is -2.24. The van der Waals surface area contributed by atoms with Gasteiger partial charge in [-0.05, 0) is 36.8 Å². The fourth-order valence-electron chi connectivity index (χ4n) is 3.31. The van der Waals surface area contributed by atoms with Gasteiger partial charge in [0, 0.05) is 26.8 Å². The van der Waals surface area contributed by atoms with Gasteiger partial charge in [-0.2, -0.15) is 10.1 Å². The molecule has 4 rings (SSSR count). The van der Waals surface area contributed by atoms with Crippen LogP contribution in [0.3, 0.4) is 0 Å². The number of anilines is 1. The molecular weight excluding hydrogens is 424 g/mol. The molecule has 0 bridgehead atoms. The standard InChI is InChI=1S/C23H24N6O2S/c1-16-21(22(31)29(27(16)4)19-8-6-5-7-9-19)25-23-28(20(30)15-32-23)24-14-17-10-12-18(13-11-17)26(2)3/h5-14H,15H2,1-4H3/b24-14+,25-23?. The molecular formula is C23H24N6O2S. The van der Waals surface area contributed by atoms with Crippen molar-refractivity contribution in [3.8, 4) is 5.69 Å². The van der Waals surface area contributed by atoms with Crippen LogP contribution in [0.5, 0.6) is 0 Å². The van der Waals surface area contributed by atoms with Crippen LogP contribution in [0.2, 0.25) is 0 Å². The Morgan fingerprint density at radius 2 is 1.72 bits per heavy atom. The molecule has 0 atom stereocenters. The average Bonchev–Trinajstić information content (AvgIpc) is 3.24. The first kappa shape index (κ1) is 21.6. The first-order valence-electron chi connectivity index (χ1n) is 10.1. The highest BCUT2D eigenvalue weighted by molar-refractivity contribution is 8.15. The molecule has 1 saturated heterocycles. The first-order valence-corrected chi connectivity index (χ1v) is 11.0. The number of hydrogen-bond acceptors (Lipinski definition) is 6. The van der Waals surface area contributed by atoms with Gasteiger partial charge in [-0.1, -0.05) is 42.1 Å². The molecule has 1 aromatic heterocycles. The number of hydrogen-bond donors (Lipinski definition) is 0. The molecule has 1 fully saturated rings. The molecule has 9 heteroatoms. The number of hydrazone groups is 1. The maximum atomic E-state index is 13.1. The summed E-state index contributed by atoms with van der Waals surface area (Å²) >= 11 is 1.27. The van der Waals surface area contributed by atoms with Gasteiger partial charge in [-0.15, -0.1) is 0 Å². The number of aromatic nitrogens is 2.